The molecule has 0 aliphatic rings. The smallest absolute Gasteiger partial charge is 0.222 e. The average Bonchev–Trinajstić information content (AvgIpc) is 2.80. The predicted octanol–water partition coefficient (Wildman–Crippen LogP) is 5.52. The highest BCUT2D eigenvalue weighted by Gasteiger charge is 2.19. The second-order valence-electron chi connectivity index (χ2n) is 8.58. The summed E-state index contributed by atoms with van der Waals surface area (Å²) in [5, 5.41) is 32.5. The van der Waals surface area contributed by atoms with Crippen LogP contribution in [0.3, 0.4) is 0 Å². The molecule has 0 saturated carbocycles. The van der Waals surface area contributed by atoms with Crippen LogP contribution < -0.4 is 5.32 Å². The Bertz CT molecular complexity index is 568. The summed E-state index contributed by atoms with van der Waals surface area (Å²) in [7, 11) is 0. The van der Waals surface area contributed by atoms with E-state index < -0.39 is 18.2 Å². The van der Waals surface area contributed by atoms with Gasteiger partial charge in [-0.3, -0.25) is 4.79 Å². The molecule has 0 heterocycles. The van der Waals surface area contributed by atoms with Gasteiger partial charge in [0.05, 0.1) is 31.3 Å². The largest absolute Gasteiger partial charge is 0.394 e. The number of hydrogen-bond acceptors (Lipinski definition) is 4. The van der Waals surface area contributed by atoms with Crippen molar-refractivity contribution >= 4 is 5.91 Å². The minimum absolute atomic E-state index is 0.0120. The second kappa shape index (κ2) is 23.5. The molecule has 0 aromatic carbocycles. The SMILES string of the molecule is C/C=C/CC/C=C/CC/C=C/C(O)C(CO)NC(=O)CC(O)CCCCC/C=C\CCCC. The number of aliphatic hydroxyl groups is 3. The van der Waals surface area contributed by atoms with Gasteiger partial charge in [-0.1, -0.05) is 81.2 Å². The van der Waals surface area contributed by atoms with E-state index in [1.807, 2.05) is 19.1 Å². The van der Waals surface area contributed by atoms with Crippen molar-refractivity contribution in [3.05, 3.63) is 48.6 Å². The van der Waals surface area contributed by atoms with E-state index in [4.69, 9.17) is 0 Å². The number of unbranched alkanes of at least 4 members (excludes halogenated alkanes) is 7. The van der Waals surface area contributed by atoms with Gasteiger partial charge in [0, 0.05) is 0 Å². The molecule has 0 aliphatic carbocycles. The van der Waals surface area contributed by atoms with Crippen LogP contribution >= 0.6 is 0 Å². The first-order valence-corrected chi connectivity index (χ1v) is 12.9. The quantitative estimate of drug-likeness (QED) is 0.133. The minimum atomic E-state index is -0.958. The van der Waals surface area contributed by atoms with Gasteiger partial charge >= 0.3 is 0 Å². The molecule has 0 aliphatic heterocycles. The molecule has 0 aromatic heterocycles. The third-order valence-corrected chi connectivity index (χ3v) is 5.41. The molecule has 5 nitrogen and oxygen atoms in total. The van der Waals surface area contributed by atoms with Gasteiger partial charge in [-0.05, 0) is 58.3 Å². The van der Waals surface area contributed by atoms with Gasteiger partial charge in [0.15, 0.2) is 0 Å². The highest BCUT2D eigenvalue weighted by molar-refractivity contribution is 5.76. The van der Waals surface area contributed by atoms with Crippen molar-refractivity contribution in [1.82, 2.24) is 5.32 Å². The molecule has 1 amide bonds. The number of amides is 1. The van der Waals surface area contributed by atoms with E-state index in [0.717, 1.165) is 57.8 Å². The summed E-state index contributed by atoms with van der Waals surface area (Å²) in [6, 6.07) is -0.767. The summed E-state index contributed by atoms with van der Waals surface area (Å²) < 4.78 is 0. The fourth-order valence-corrected chi connectivity index (χ4v) is 3.35. The molecule has 0 aromatic rings. The van der Waals surface area contributed by atoms with Crippen LogP contribution in [-0.2, 0) is 4.79 Å². The summed E-state index contributed by atoms with van der Waals surface area (Å²) in [4.78, 5) is 12.2. The minimum Gasteiger partial charge on any atom is -0.394 e. The standard InChI is InChI=1S/C28H49NO4/c1-3-5-7-9-11-13-15-17-19-21-25(31)23-28(33)29-26(24-30)27(32)22-20-18-16-14-12-10-8-6-4-2/h4,6,9,11-12,14,20,22,25-27,30-32H,3,5,7-8,10,13,15-19,21,23-24H2,1-2H3,(H,29,33)/b6-4+,11-9-,14-12+,22-20+. The summed E-state index contributed by atoms with van der Waals surface area (Å²) in [6.45, 7) is 3.85. The maximum absolute atomic E-state index is 12.2. The molecular formula is C28H49NO4. The zero-order valence-electron chi connectivity index (χ0n) is 21.0. The Balaban J connectivity index is 4.00. The van der Waals surface area contributed by atoms with Crippen LogP contribution in [0, 0.1) is 0 Å². The van der Waals surface area contributed by atoms with Gasteiger partial charge in [0.2, 0.25) is 5.91 Å². The fourth-order valence-electron chi connectivity index (χ4n) is 3.35. The average molecular weight is 464 g/mol. The van der Waals surface area contributed by atoms with Crippen molar-refractivity contribution in [1.29, 1.82) is 0 Å². The molecule has 5 heteroatoms. The van der Waals surface area contributed by atoms with Crippen LogP contribution in [0.1, 0.15) is 97.3 Å². The lowest BCUT2D eigenvalue weighted by Gasteiger charge is -2.20. The number of hydrogen-bond donors (Lipinski definition) is 4. The first-order valence-electron chi connectivity index (χ1n) is 12.9. The molecule has 3 atom stereocenters. The first kappa shape index (κ1) is 31.3. The molecule has 0 rings (SSSR count). The normalized spacial score (nSPS) is 15.2. The molecule has 3 unspecified atom stereocenters. The number of carbonyl (C=O) groups is 1. The zero-order chi connectivity index (χ0) is 24.6. The lowest BCUT2D eigenvalue weighted by atomic mass is 10.1. The third kappa shape index (κ3) is 20.6. The molecule has 0 fully saturated rings. The Hall–Kier alpha value is -1.69. The summed E-state index contributed by atoms with van der Waals surface area (Å²) in [5.41, 5.74) is 0. The van der Waals surface area contributed by atoms with Gasteiger partial charge in [0.1, 0.15) is 0 Å². The maximum Gasteiger partial charge on any atom is 0.222 e. The van der Waals surface area contributed by atoms with E-state index in [0.29, 0.717) is 6.42 Å². The van der Waals surface area contributed by atoms with E-state index in [9.17, 15) is 20.1 Å². The van der Waals surface area contributed by atoms with E-state index >= 15 is 0 Å². The van der Waals surface area contributed by atoms with Crippen LogP contribution in [0.5, 0.6) is 0 Å². The van der Waals surface area contributed by atoms with Gasteiger partial charge in [0.25, 0.3) is 0 Å². The lowest BCUT2D eigenvalue weighted by molar-refractivity contribution is -0.124. The van der Waals surface area contributed by atoms with Crippen LogP contribution in [-0.4, -0.2) is 46.1 Å². The Morgan fingerprint density at radius 2 is 1.42 bits per heavy atom. The van der Waals surface area contributed by atoms with E-state index in [2.05, 4.69) is 42.6 Å². The topological polar surface area (TPSA) is 89.8 Å². The fraction of sp³-hybridized carbons (Fsp3) is 0.679. The zero-order valence-corrected chi connectivity index (χ0v) is 21.0. The van der Waals surface area contributed by atoms with Crippen molar-refractivity contribution in [3.63, 3.8) is 0 Å². The molecule has 0 radical (unpaired) electrons. The monoisotopic (exact) mass is 463 g/mol. The molecule has 0 bridgehead atoms. The predicted molar refractivity (Wildman–Crippen MR) is 139 cm³/mol. The van der Waals surface area contributed by atoms with Crippen molar-refractivity contribution in [3.8, 4) is 0 Å². The Kier molecular flexibility index (Phi) is 22.3. The molecule has 190 valence electrons. The second-order valence-corrected chi connectivity index (χ2v) is 8.58. The van der Waals surface area contributed by atoms with Gasteiger partial charge in [-0.2, -0.15) is 0 Å². The van der Waals surface area contributed by atoms with E-state index in [-0.39, 0.29) is 18.9 Å². The Morgan fingerprint density at radius 1 is 0.818 bits per heavy atom. The molecule has 0 saturated heterocycles. The van der Waals surface area contributed by atoms with Crippen molar-refractivity contribution in [2.45, 2.75) is 116 Å². The number of aliphatic hydroxyl groups excluding tert-OH is 3. The van der Waals surface area contributed by atoms with E-state index in [1.165, 1.54) is 12.8 Å². The number of rotatable bonds is 21. The molecule has 4 N–H and O–H groups in total. The molecule has 0 spiro atoms. The summed E-state index contributed by atoms with van der Waals surface area (Å²) in [5.74, 6) is -0.350. The van der Waals surface area contributed by atoms with Gasteiger partial charge in [-0.25, -0.2) is 0 Å². The summed E-state index contributed by atoms with van der Waals surface area (Å²) in [6.07, 6.45) is 26.8. The third-order valence-electron chi connectivity index (χ3n) is 5.41. The van der Waals surface area contributed by atoms with Crippen LogP contribution in [0.2, 0.25) is 0 Å². The van der Waals surface area contributed by atoms with E-state index in [1.54, 1.807) is 6.08 Å². The maximum atomic E-state index is 12.2. The summed E-state index contributed by atoms with van der Waals surface area (Å²) >= 11 is 0. The highest BCUT2D eigenvalue weighted by Crippen LogP contribution is 2.10. The van der Waals surface area contributed by atoms with Gasteiger partial charge < -0.3 is 20.6 Å². The van der Waals surface area contributed by atoms with Crippen LogP contribution in [0.15, 0.2) is 48.6 Å². The molecule has 33 heavy (non-hydrogen) atoms. The van der Waals surface area contributed by atoms with Gasteiger partial charge in [-0.15, -0.1) is 0 Å². The lowest BCUT2D eigenvalue weighted by Crippen LogP contribution is -2.45. The van der Waals surface area contributed by atoms with Crippen molar-refractivity contribution in [2.75, 3.05) is 6.61 Å². The first-order chi connectivity index (χ1) is 16.0. The highest BCUT2D eigenvalue weighted by atomic mass is 16.3. The van der Waals surface area contributed by atoms with Crippen molar-refractivity contribution < 1.29 is 20.1 Å². The van der Waals surface area contributed by atoms with Crippen molar-refractivity contribution in [2.24, 2.45) is 0 Å². The van der Waals surface area contributed by atoms with Crippen LogP contribution in [0.4, 0.5) is 0 Å². The Morgan fingerprint density at radius 3 is 2.06 bits per heavy atom. The Labute approximate surface area is 202 Å². The number of nitrogens with one attached hydrogen (secondary N) is 1. The van der Waals surface area contributed by atoms with Crippen LogP contribution in [0.25, 0.3) is 0 Å². The number of carbonyl (C=O) groups excluding carboxylic acids is 1. The molecular weight excluding hydrogens is 414 g/mol. The number of allylic oxidation sites excluding steroid dienone is 7.